The Bertz CT molecular complexity index is 774. The number of hydrogen-bond donors (Lipinski definition) is 2. The number of guanidine groups is 1. The first-order valence-corrected chi connectivity index (χ1v) is 8.57. The third-order valence-corrected chi connectivity index (χ3v) is 3.88. The van der Waals surface area contributed by atoms with E-state index in [1.165, 1.54) is 12.3 Å². The molecule has 0 aliphatic rings. The van der Waals surface area contributed by atoms with Gasteiger partial charge in [-0.15, -0.1) is 24.0 Å². The van der Waals surface area contributed by atoms with E-state index in [-0.39, 0.29) is 29.9 Å². The molecule has 0 atom stereocenters. The van der Waals surface area contributed by atoms with E-state index in [0.717, 1.165) is 17.5 Å². The van der Waals surface area contributed by atoms with Gasteiger partial charge in [0.15, 0.2) is 12.6 Å². The second kappa shape index (κ2) is 11.9. The number of benzene rings is 1. The topological polar surface area (TPSA) is 58.5 Å². The molecule has 0 radical (unpaired) electrons. The van der Waals surface area contributed by atoms with Crippen molar-refractivity contribution in [2.75, 3.05) is 20.2 Å². The fourth-order valence-electron chi connectivity index (χ4n) is 2.22. The lowest BCUT2D eigenvalue weighted by Gasteiger charge is -2.13. The zero-order chi connectivity index (χ0) is 19.7. The third-order valence-electron chi connectivity index (χ3n) is 3.51. The highest BCUT2D eigenvalue weighted by molar-refractivity contribution is 14.0. The molecule has 0 bridgehead atoms. The van der Waals surface area contributed by atoms with E-state index in [4.69, 9.17) is 11.6 Å². The Morgan fingerprint density at radius 1 is 1.21 bits per heavy atom. The summed E-state index contributed by atoms with van der Waals surface area (Å²) in [6, 6.07) is 10.7. The maximum Gasteiger partial charge on any atom is 0.422 e. The van der Waals surface area contributed by atoms with Crippen LogP contribution in [0.5, 0.6) is 5.88 Å². The number of hydrogen-bond acceptors (Lipinski definition) is 3. The molecule has 1 aromatic carbocycles. The van der Waals surface area contributed by atoms with E-state index in [9.17, 15) is 13.2 Å². The zero-order valence-corrected chi connectivity index (χ0v) is 18.2. The van der Waals surface area contributed by atoms with Gasteiger partial charge >= 0.3 is 6.18 Å². The lowest BCUT2D eigenvalue weighted by molar-refractivity contribution is -0.154. The molecule has 2 rings (SSSR count). The van der Waals surface area contributed by atoms with Gasteiger partial charge in [-0.2, -0.15) is 13.2 Å². The molecule has 28 heavy (non-hydrogen) atoms. The number of aromatic nitrogens is 1. The van der Waals surface area contributed by atoms with Crippen LogP contribution < -0.4 is 15.4 Å². The highest BCUT2D eigenvalue weighted by Crippen LogP contribution is 2.17. The van der Waals surface area contributed by atoms with Crippen molar-refractivity contribution < 1.29 is 17.9 Å². The van der Waals surface area contributed by atoms with Gasteiger partial charge in [0.05, 0.1) is 0 Å². The summed E-state index contributed by atoms with van der Waals surface area (Å²) < 4.78 is 41.3. The molecule has 1 heterocycles. The maximum absolute atomic E-state index is 12.2. The van der Waals surface area contributed by atoms with Crippen LogP contribution in [-0.4, -0.2) is 37.3 Å². The number of alkyl halides is 3. The molecule has 0 amide bonds. The van der Waals surface area contributed by atoms with Crippen molar-refractivity contribution in [1.82, 2.24) is 15.6 Å². The number of ether oxygens (including phenoxy) is 1. The Balaban J connectivity index is 0.00000392. The van der Waals surface area contributed by atoms with Crippen molar-refractivity contribution in [3.8, 4) is 5.88 Å². The second-order valence-electron chi connectivity index (χ2n) is 5.60. The van der Waals surface area contributed by atoms with Crippen molar-refractivity contribution in [1.29, 1.82) is 0 Å². The monoisotopic (exact) mass is 528 g/mol. The largest absolute Gasteiger partial charge is 0.468 e. The first-order valence-electron chi connectivity index (χ1n) is 8.20. The first kappa shape index (κ1) is 24.3. The van der Waals surface area contributed by atoms with Crippen molar-refractivity contribution in [3.63, 3.8) is 0 Å². The van der Waals surface area contributed by atoms with E-state index in [1.807, 2.05) is 24.3 Å². The molecule has 0 unspecified atom stereocenters. The number of halogens is 5. The molecule has 0 saturated heterocycles. The Morgan fingerprint density at radius 2 is 1.96 bits per heavy atom. The van der Waals surface area contributed by atoms with E-state index < -0.39 is 12.8 Å². The van der Waals surface area contributed by atoms with Crippen molar-refractivity contribution in [3.05, 3.63) is 58.7 Å². The average Bonchev–Trinajstić information content (AvgIpc) is 2.64. The van der Waals surface area contributed by atoms with Gasteiger partial charge in [0, 0.05) is 37.4 Å². The standard InChI is InChI=1S/C18H20ClF3N4O.HI/c1-23-17(25-9-7-14-4-2-3-5-15(14)19)26-11-13-6-8-24-16(10-13)27-12-18(20,21)22;/h2-6,8,10H,7,9,11-12H2,1H3,(H2,23,25,26);1H. The van der Waals surface area contributed by atoms with Gasteiger partial charge in [-0.3, -0.25) is 4.99 Å². The fourth-order valence-corrected chi connectivity index (χ4v) is 2.45. The summed E-state index contributed by atoms with van der Waals surface area (Å²) in [4.78, 5) is 7.89. The first-order chi connectivity index (χ1) is 12.9. The van der Waals surface area contributed by atoms with Gasteiger partial charge in [-0.05, 0) is 29.7 Å². The van der Waals surface area contributed by atoms with Crippen LogP contribution >= 0.6 is 35.6 Å². The molecule has 154 valence electrons. The maximum atomic E-state index is 12.2. The van der Waals surface area contributed by atoms with Crippen LogP contribution in [0.25, 0.3) is 0 Å². The SMILES string of the molecule is CN=C(NCCc1ccccc1Cl)NCc1ccnc(OCC(F)(F)F)c1.I. The van der Waals surface area contributed by atoms with Gasteiger partial charge in [-0.1, -0.05) is 29.8 Å². The third kappa shape index (κ3) is 8.96. The normalized spacial score (nSPS) is 11.5. The van der Waals surface area contributed by atoms with Gasteiger partial charge < -0.3 is 15.4 Å². The molecule has 2 aromatic rings. The molecule has 2 N–H and O–H groups in total. The summed E-state index contributed by atoms with van der Waals surface area (Å²) in [5.41, 5.74) is 1.75. The predicted octanol–water partition coefficient (Wildman–Crippen LogP) is 4.20. The molecule has 0 fully saturated rings. The van der Waals surface area contributed by atoms with E-state index in [0.29, 0.717) is 24.1 Å². The fraction of sp³-hybridized carbons (Fsp3) is 0.333. The molecular weight excluding hydrogens is 508 g/mol. The minimum absolute atomic E-state index is 0. The molecule has 0 spiro atoms. The summed E-state index contributed by atoms with van der Waals surface area (Å²) >= 11 is 6.12. The molecule has 1 aromatic heterocycles. The number of nitrogens with zero attached hydrogens (tertiary/aromatic N) is 2. The zero-order valence-electron chi connectivity index (χ0n) is 15.1. The van der Waals surface area contributed by atoms with Crippen LogP contribution in [0, 0.1) is 0 Å². The summed E-state index contributed by atoms with van der Waals surface area (Å²) in [6.07, 6.45) is -2.27. The molecular formula is C18H21ClF3IN4O. The van der Waals surface area contributed by atoms with Crippen molar-refractivity contribution in [2.45, 2.75) is 19.1 Å². The number of nitrogens with one attached hydrogen (secondary N) is 2. The molecule has 0 saturated carbocycles. The minimum Gasteiger partial charge on any atom is -0.468 e. The second-order valence-corrected chi connectivity index (χ2v) is 6.01. The van der Waals surface area contributed by atoms with Crippen LogP contribution in [0.15, 0.2) is 47.6 Å². The number of rotatable bonds is 7. The smallest absolute Gasteiger partial charge is 0.422 e. The Kier molecular flexibility index (Phi) is 10.4. The predicted molar refractivity (Wildman–Crippen MR) is 115 cm³/mol. The van der Waals surface area contributed by atoms with E-state index in [2.05, 4.69) is 25.3 Å². The molecule has 0 aliphatic heterocycles. The van der Waals surface area contributed by atoms with Crippen LogP contribution in [0.1, 0.15) is 11.1 Å². The Labute approximate surface area is 183 Å². The van der Waals surface area contributed by atoms with Gasteiger partial charge in [0.25, 0.3) is 0 Å². The lowest BCUT2D eigenvalue weighted by Crippen LogP contribution is -2.37. The highest BCUT2D eigenvalue weighted by atomic mass is 127. The summed E-state index contributed by atoms with van der Waals surface area (Å²) in [7, 11) is 1.63. The van der Waals surface area contributed by atoms with Gasteiger partial charge in [0.2, 0.25) is 5.88 Å². The Hall–Kier alpha value is -1.75. The number of pyridine rings is 1. The minimum atomic E-state index is -4.40. The van der Waals surface area contributed by atoms with Crippen molar-refractivity contribution >= 4 is 41.5 Å². The Morgan fingerprint density at radius 3 is 2.64 bits per heavy atom. The van der Waals surface area contributed by atoms with Crippen LogP contribution in [0.2, 0.25) is 5.02 Å². The molecule has 5 nitrogen and oxygen atoms in total. The summed E-state index contributed by atoms with van der Waals surface area (Å²) in [5, 5.41) is 6.96. The van der Waals surface area contributed by atoms with Gasteiger partial charge in [0.1, 0.15) is 0 Å². The van der Waals surface area contributed by atoms with E-state index in [1.54, 1.807) is 13.1 Å². The molecule has 0 aliphatic carbocycles. The summed E-state index contributed by atoms with van der Waals surface area (Å²) in [6.45, 7) is -0.390. The lowest BCUT2D eigenvalue weighted by atomic mass is 10.1. The van der Waals surface area contributed by atoms with Crippen LogP contribution in [0.3, 0.4) is 0 Å². The van der Waals surface area contributed by atoms with Crippen LogP contribution in [0.4, 0.5) is 13.2 Å². The number of aliphatic imine (C=N–C) groups is 1. The summed E-state index contributed by atoms with van der Waals surface area (Å²) in [5.74, 6) is 0.491. The van der Waals surface area contributed by atoms with Crippen LogP contribution in [-0.2, 0) is 13.0 Å². The highest BCUT2D eigenvalue weighted by Gasteiger charge is 2.28. The van der Waals surface area contributed by atoms with Gasteiger partial charge in [-0.25, -0.2) is 4.98 Å². The molecule has 10 heteroatoms. The quantitative estimate of drug-likeness (QED) is 0.321. The van der Waals surface area contributed by atoms with E-state index >= 15 is 0 Å². The van der Waals surface area contributed by atoms with Crippen molar-refractivity contribution in [2.24, 2.45) is 4.99 Å². The average molecular weight is 529 g/mol.